The fourth-order valence-electron chi connectivity index (χ4n) is 5.43. The van der Waals surface area contributed by atoms with Crippen molar-refractivity contribution < 1.29 is 9.47 Å². The van der Waals surface area contributed by atoms with Gasteiger partial charge in [0.15, 0.2) is 11.4 Å². The molecule has 3 aromatic heterocycles. The molecule has 2 fully saturated rings. The van der Waals surface area contributed by atoms with E-state index < -0.39 is 0 Å². The van der Waals surface area contributed by atoms with Gasteiger partial charge in [-0.2, -0.15) is 5.10 Å². The molecule has 5 heterocycles. The average molecular weight is 463 g/mol. The maximum absolute atomic E-state index is 13.2. The highest BCUT2D eigenvalue weighted by atomic mass is 16.5. The molecule has 0 unspecified atom stereocenters. The Morgan fingerprint density at radius 2 is 2.06 bits per heavy atom. The van der Waals surface area contributed by atoms with Crippen LogP contribution in [-0.2, 0) is 4.74 Å². The average Bonchev–Trinajstić information content (AvgIpc) is 3.39. The summed E-state index contributed by atoms with van der Waals surface area (Å²) in [7, 11) is 1.64. The molecule has 0 saturated carbocycles. The van der Waals surface area contributed by atoms with Crippen molar-refractivity contribution in [2.75, 3.05) is 33.4 Å². The zero-order valence-electron chi connectivity index (χ0n) is 19.8. The van der Waals surface area contributed by atoms with Gasteiger partial charge in [0.2, 0.25) is 0 Å². The topological polar surface area (TPSA) is 89.7 Å². The second-order valence-electron chi connectivity index (χ2n) is 9.72. The zero-order valence-corrected chi connectivity index (χ0v) is 19.8. The third-order valence-corrected chi connectivity index (χ3v) is 7.31. The predicted molar refractivity (Wildman–Crippen MR) is 130 cm³/mol. The molecule has 1 atom stereocenters. The van der Waals surface area contributed by atoms with Crippen LogP contribution in [0.2, 0.25) is 0 Å². The molecule has 6 rings (SSSR count). The minimum absolute atomic E-state index is 0.0390. The van der Waals surface area contributed by atoms with Crippen LogP contribution in [0.15, 0.2) is 35.5 Å². The fourth-order valence-corrected chi connectivity index (χ4v) is 5.43. The molecular formula is C25H30N6O3. The fraction of sp³-hybridized carbons (Fsp3) is 0.480. The zero-order chi connectivity index (χ0) is 23.4. The summed E-state index contributed by atoms with van der Waals surface area (Å²) in [6.45, 7) is 7.94. The predicted octanol–water partition coefficient (Wildman–Crippen LogP) is 3.21. The lowest BCUT2D eigenvalue weighted by Crippen LogP contribution is -2.53. The van der Waals surface area contributed by atoms with E-state index in [0.717, 1.165) is 61.3 Å². The van der Waals surface area contributed by atoms with E-state index in [-0.39, 0.29) is 17.6 Å². The first-order valence-corrected chi connectivity index (χ1v) is 12.0. The van der Waals surface area contributed by atoms with Crippen LogP contribution in [0, 0.1) is 0 Å². The van der Waals surface area contributed by atoms with Crippen molar-refractivity contribution in [1.29, 1.82) is 0 Å². The van der Waals surface area contributed by atoms with E-state index in [0.29, 0.717) is 17.4 Å². The maximum Gasteiger partial charge on any atom is 0.326 e. The Morgan fingerprint density at radius 3 is 2.79 bits per heavy atom. The van der Waals surface area contributed by atoms with Gasteiger partial charge < -0.3 is 14.5 Å². The van der Waals surface area contributed by atoms with Crippen molar-refractivity contribution in [3.8, 4) is 16.9 Å². The van der Waals surface area contributed by atoms with E-state index in [1.165, 1.54) is 11.9 Å². The minimum Gasteiger partial charge on any atom is -0.493 e. The summed E-state index contributed by atoms with van der Waals surface area (Å²) < 4.78 is 14.7. The van der Waals surface area contributed by atoms with Gasteiger partial charge in [0.1, 0.15) is 6.33 Å². The van der Waals surface area contributed by atoms with Crippen LogP contribution in [0.1, 0.15) is 44.2 Å². The van der Waals surface area contributed by atoms with Crippen LogP contribution >= 0.6 is 0 Å². The Labute approximate surface area is 197 Å². The highest BCUT2D eigenvalue weighted by Crippen LogP contribution is 2.36. The van der Waals surface area contributed by atoms with E-state index in [1.54, 1.807) is 11.6 Å². The summed E-state index contributed by atoms with van der Waals surface area (Å²) in [5.41, 5.74) is 5.68. The molecule has 0 aliphatic carbocycles. The molecule has 0 radical (unpaired) electrons. The van der Waals surface area contributed by atoms with Crippen LogP contribution in [0.25, 0.3) is 27.8 Å². The summed E-state index contributed by atoms with van der Waals surface area (Å²) in [5, 5.41) is 4.31. The van der Waals surface area contributed by atoms with Crippen molar-refractivity contribution in [3.05, 3.63) is 46.8 Å². The van der Waals surface area contributed by atoms with E-state index in [1.807, 2.05) is 16.8 Å². The molecule has 1 aromatic carbocycles. The van der Waals surface area contributed by atoms with Crippen LogP contribution in [0.5, 0.6) is 5.75 Å². The molecule has 178 valence electrons. The normalized spacial score (nSPS) is 19.8. The molecule has 0 bridgehead atoms. The van der Waals surface area contributed by atoms with Crippen LogP contribution < -0.4 is 10.4 Å². The number of methoxy groups -OCH3 is 1. The summed E-state index contributed by atoms with van der Waals surface area (Å²) in [6, 6.07) is 6.93. The first-order chi connectivity index (χ1) is 16.5. The number of nitrogens with one attached hydrogen (secondary N) is 1. The van der Waals surface area contributed by atoms with E-state index in [4.69, 9.17) is 9.47 Å². The number of rotatable bonds is 5. The number of ether oxygens (including phenoxy) is 2. The number of H-pyrrole nitrogens is 1. The van der Waals surface area contributed by atoms with E-state index in [9.17, 15) is 4.79 Å². The number of aromatic amines is 1. The largest absolute Gasteiger partial charge is 0.493 e. The lowest BCUT2D eigenvalue weighted by atomic mass is 9.92. The number of pyridine rings is 1. The second kappa shape index (κ2) is 8.25. The lowest BCUT2D eigenvalue weighted by molar-refractivity contribution is -0.0751. The first kappa shape index (κ1) is 21.4. The van der Waals surface area contributed by atoms with Gasteiger partial charge in [-0.3, -0.25) is 9.47 Å². The molecule has 9 heteroatoms. The molecule has 0 amide bonds. The van der Waals surface area contributed by atoms with Crippen molar-refractivity contribution >= 4 is 16.7 Å². The van der Waals surface area contributed by atoms with Gasteiger partial charge >= 0.3 is 5.69 Å². The van der Waals surface area contributed by atoms with Gasteiger partial charge in [0, 0.05) is 18.3 Å². The van der Waals surface area contributed by atoms with Crippen molar-refractivity contribution in [2.45, 2.75) is 44.7 Å². The van der Waals surface area contributed by atoms with Gasteiger partial charge in [-0.05, 0) is 54.6 Å². The molecule has 2 aliphatic heterocycles. The Balaban J connectivity index is 1.47. The highest BCUT2D eigenvalue weighted by Gasteiger charge is 2.32. The number of hydrogen-bond acceptors (Lipinski definition) is 6. The second-order valence-corrected chi connectivity index (χ2v) is 9.72. The monoisotopic (exact) mass is 462 g/mol. The molecule has 34 heavy (non-hydrogen) atoms. The van der Waals surface area contributed by atoms with Crippen LogP contribution in [0.3, 0.4) is 0 Å². The van der Waals surface area contributed by atoms with Crippen molar-refractivity contribution in [1.82, 2.24) is 29.0 Å². The number of imidazole rings is 1. The number of fused-ring (bicyclic) bond motifs is 2. The van der Waals surface area contributed by atoms with Crippen LogP contribution in [-0.4, -0.2) is 68.5 Å². The number of benzene rings is 1. The molecule has 9 nitrogen and oxygen atoms in total. The highest BCUT2D eigenvalue weighted by molar-refractivity contribution is 5.85. The first-order valence-electron chi connectivity index (χ1n) is 12.0. The molecule has 4 aromatic rings. The van der Waals surface area contributed by atoms with Gasteiger partial charge in [-0.25, -0.2) is 14.3 Å². The summed E-state index contributed by atoms with van der Waals surface area (Å²) in [4.78, 5) is 23.1. The molecule has 2 aliphatic rings. The minimum atomic E-state index is -0.0390. The van der Waals surface area contributed by atoms with Gasteiger partial charge in [0.05, 0.1) is 43.4 Å². The number of aromatic nitrogens is 5. The number of likely N-dealkylation sites (tertiary alicyclic amines) is 1. The molecular weight excluding hydrogens is 432 g/mol. The smallest absolute Gasteiger partial charge is 0.326 e. The van der Waals surface area contributed by atoms with Gasteiger partial charge in [-0.1, -0.05) is 13.8 Å². The number of hydrogen-bond donors (Lipinski definition) is 1. The van der Waals surface area contributed by atoms with Crippen LogP contribution in [0.4, 0.5) is 0 Å². The van der Waals surface area contributed by atoms with Crippen molar-refractivity contribution in [2.24, 2.45) is 0 Å². The Kier molecular flexibility index (Phi) is 5.18. The van der Waals surface area contributed by atoms with Crippen molar-refractivity contribution in [3.63, 3.8) is 0 Å². The SMILES string of the molecule is COc1cc(-c2cc3[nH]c(=O)n([C@@H]4CCCN(C5COC5)C4)c3cc2C(C)C)cn2ncnc12. The van der Waals surface area contributed by atoms with E-state index >= 15 is 0 Å². The molecule has 1 N–H and O–H groups in total. The number of nitrogens with zero attached hydrogens (tertiary/aromatic N) is 5. The summed E-state index contributed by atoms with van der Waals surface area (Å²) in [6.07, 6.45) is 5.59. The Morgan fingerprint density at radius 1 is 1.21 bits per heavy atom. The summed E-state index contributed by atoms with van der Waals surface area (Å²) >= 11 is 0. The molecule has 0 spiro atoms. The lowest BCUT2D eigenvalue weighted by Gasteiger charge is -2.42. The Hall–Kier alpha value is -3.17. The van der Waals surface area contributed by atoms with E-state index in [2.05, 4.69) is 45.9 Å². The number of piperidine rings is 1. The van der Waals surface area contributed by atoms with Gasteiger partial charge in [0.25, 0.3) is 0 Å². The third-order valence-electron chi connectivity index (χ3n) is 7.31. The molecule has 2 saturated heterocycles. The quantitative estimate of drug-likeness (QED) is 0.490. The standard InChI is InChI=1S/C25H30N6O3/c1-15(2)19-9-22-21(8-20(19)16-7-23(33-3)24-26-14-27-30(24)10-16)28-25(32)31(22)17-5-4-6-29(11-17)18-12-34-13-18/h7-10,14-15,17-18H,4-6,11-13H2,1-3H3,(H,28,32)/t17-/m1/s1. The maximum atomic E-state index is 13.2. The van der Waals surface area contributed by atoms with Gasteiger partial charge in [-0.15, -0.1) is 0 Å². The third kappa shape index (κ3) is 3.42. The summed E-state index contributed by atoms with van der Waals surface area (Å²) in [5.74, 6) is 0.934. The Bertz CT molecular complexity index is 1410.